The molecule has 0 aromatic rings. The van der Waals surface area contributed by atoms with Gasteiger partial charge in [-0.3, -0.25) is 4.90 Å². The van der Waals surface area contributed by atoms with Crippen molar-refractivity contribution in [1.82, 2.24) is 4.90 Å². The van der Waals surface area contributed by atoms with Crippen molar-refractivity contribution < 1.29 is 14.6 Å². The van der Waals surface area contributed by atoms with E-state index in [1.54, 1.807) is 0 Å². The van der Waals surface area contributed by atoms with Crippen molar-refractivity contribution in [2.75, 3.05) is 26.2 Å². The number of aliphatic hydroxyl groups is 1. The Morgan fingerprint density at radius 3 is 2.21 bits per heavy atom. The van der Waals surface area contributed by atoms with Crippen LogP contribution >= 0.6 is 0 Å². The molecule has 1 saturated heterocycles. The summed E-state index contributed by atoms with van der Waals surface area (Å²) in [5.41, 5.74) is -1.21. The lowest BCUT2D eigenvalue weighted by Crippen LogP contribution is -2.41. The van der Waals surface area contributed by atoms with E-state index in [4.69, 9.17) is 4.74 Å². The molecule has 0 spiro atoms. The summed E-state index contributed by atoms with van der Waals surface area (Å²) in [5, 5.41) is 10.4. The van der Waals surface area contributed by atoms with Gasteiger partial charge in [-0.15, -0.1) is 0 Å². The molecular formula is C15H27NO3. The molecule has 0 unspecified atom stereocenters. The van der Waals surface area contributed by atoms with Crippen LogP contribution in [-0.2, 0) is 9.53 Å². The summed E-state index contributed by atoms with van der Waals surface area (Å²) in [4.78, 5) is 14.4. The highest BCUT2D eigenvalue weighted by Crippen LogP contribution is 2.28. The summed E-state index contributed by atoms with van der Waals surface area (Å²) in [6.07, 6.45) is 9.03. The molecular weight excluding hydrogens is 242 g/mol. The Kier molecular flexibility index (Phi) is 5.64. The van der Waals surface area contributed by atoms with E-state index in [0.717, 1.165) is 45.3 Å². The summed E-state index contributed by atoms with van der Waals surface area (Å²) in [6, 6.07) is 0. The van der Waals surface area contributed by atoms with Crippen molar-refractivity contribution in [2.45, 2.75) is 63.4 Å². The third kappa shape index (κ3) is 4.46. The Balaban J connectivity index is 1.70. The van der Waals surface area contributed by atoms with Crippen molar-refractivity contribution in [2.24, 2.45) is 0 Å². The molecule has 2 rings (SSSR count). The smallest absolute Gasteiger partial charge is 0.338 e. The molecule has 0 aromatic carbocycles. The topological polar surface area (TPSA) is 49.8 Å². The lowest BCUT2D eigenvalue weighted by Gasteiger charge is -2.28. The first kappa shape index (κ1) is 14.8. The van der Waals surface area contributed by atoms with Gasteiger partial charge in [0.15, 0.2) is 5.60 Å². The van der Waals surface area contributed by atoms with E-state index in [1.165, 1.54) is 19.3 Å². The van der Waals surface area contributed by atoms with Gasteiger partial charge in [0.2, 0.25) is 0 Å². The zero-order chi connectivity index (χ0) is 13.6. The molecule has 1 aliphatic carbocycles. The van der Waals surface area contributed by atoms with Crippen LogP contribution < -0.4 is 0 Å². The number of ether oxygens (including phenoxy) is 1. The average Bonchev–Trinajstić information content (AvgIpc) is 2.66. The van der Waals surface area contributed by atoms with E-state index in [1.807, 2.05) is 0 Å². The van der Waals surface area contributed by atoms with Crippen molar-refractivity contribution in [3.05, 3.63) is 0 Å². The molecule has 2 fully saturated rings. The number of esters is 1. The Labute approximate surface area is 116 Å². The predicted molar refractivity (Wildman–Crippen MR) is 73.9 cm³/mol. The van der Waals surface area contributed by atoms with Crippen LogP contribution in [0.4, 0.5) is 0 Å². The van der Waals surface area contributed by atoms with Gasteiger partial charge in [-0.1, -0.05) is 19.3 Å². The Hall–Kier alpha value is -0.610. The number of nitrogens with zero attached hydrogens (tertiary/aromatic N) is 1. The van der Waals surface area contributed by atoms with Crippen LogP contribution in [0.2, 0.25) is 0 Å². The zero-order valence-electron chi connectivity index (χ0n) is 11.9. The summed E-state index contributed by atoms with van der Waals surface area (Å²) in [5.74, 6) is -0.397. The van der Waals surface area contributed by atoms with E-state index >= 15 is 0 Å². The average molecular weight is 269 g/mol. The van der Waals surface area contributed by atoms with E-state index in [9.17, 15) is 9.90 Å². The fourth-order valence-electron chi connectivity index (χ4n) is 3.10. The van der Waals surface area contributed by atoms with Crippen LogP contribution in [0.25, 0.3) is 0 Å². The summed E-state index contributed by atoms with van der Waals surface area (Å²) in [6.45, 7) is 3.45. The van der Waals surface area contributed by atoms with Crippen LogP contribution in [0.3, 0.4) is 0 Å². The molecule has 1 heterocycles. The first-order valence-corrected chi connectivity index (χ1v) is 7.83. The number of rotatable bonds is 4. The van der Waals surface area contributed by atoms with Crippen molar-refractivity contribution in [1.29, 1.82) is 0 Å². The second kappa shape index (κ2) is 7.25. The maximum atomic E-state index is 12.0. The standard InChI is InChI=1S/C15H27NO3/c17-14(15(18)8-4-1-2-5-9-15)19-13-12-16-10-6-3-7-11-16/h18H,1-13H2. The van der Waals surface area contributed by atoms with Gasteiger partial charge in [0.25, 0.3) is 0 Å². The summed E-state index contributed by atoms with van der Waals surface area (Å²) >= 11 is 0. The van der Waals surface area contributed by atoms with Gasteiger partial charge in [0, 0.05) is 6.54 Å². The highest BCUT2D eigenvalue weighted by Gasteiger charge is 2.37. The van der Waals surface area contributed by atoms with Gasteiger partial charge in [-0.2, -0.15) is 0 Å². The molecule has 0 radical (unpaired) electrons. The molecule has 1 N–H and O–H groups in total. The van der Waals surface area contributed by atoms with Crippen molar-refractivity contribution in [3.63, 3.8) is 0 Å². The Morgan fingerprint density at radius 1 is 1.00 bits per heavy atom. The van der Waals surface area contributed by atoms with Gasteiger partial charge < -0.3 is 9.84 Å². The van der Waals surface area contributed by atoms with E-state index in [0.29, 0.717) is 19.4 Å². The molecule has 1 aliphatic heterocycles. The molecule has 0 amide bonds. The first-order valence-electron chi connectivity index (χ1n) is 7.83. The van der Waals surface area contributed by atoms with Gasteiger partial charge in [-0.05, 0) is 51.6 Å². The molecule has 4 heteroatoms. The molecule has 19 heavy (non-hydrogen) atoms. The normalized spacial score (nSPS) is 24.7. The predicted octanol–water partition coefficient (Wildman–Crippen LogP) is 2.10. The third-order valence-electron chi connectivity index (χ3n) is 4.40. The summed E-state index contributed by atoms with van der Waals surface area (Å²) < 4.78 is 5.31. The number of piperidine rings is 1. The number of likely N-dealkylation sites (tertiary alicyclic amines) is 1. The Morgan fingerprint density at radius 2 is 1.58 bits per heavy atom. The third-order valence-corrected chi connectivity index (χ3v) is 4.40. The maximum Gasteiger partial charge on any atom is 0.338 e. The van der Waals surface area contributed by atoms with Gasteiger partial charge >= 0.3 is 5.97 Å². The fraction of sp³-hybridized carbons (Fsp3) is 0.933. The zero-order valence-corrected chi connectivity index (χ0v) is 11.9. The van der Waals surface area contributed by atoms with E-state index in [-0.39, 0.29) is 0 Å². The quantitative estimate of drug-likeness (QED) is 0.627. The lowest BCUT2D eigenvalue weighted by atomic mass is 9.95. The second-order valence-electron chi connectivity index (χ2n) is 5.98. The molecule has 0 aromatic heterocycles. The van der Waals surface area contributed by atoms with Crippen LogP contribution in [0.1, 0.15) is 57.8 Å². The molecule has 110 valence electrons. The number of hydrogen-bond acceptors (Lipinski definition) is 4. The number of hydrogen-bond donors (Lipinski definition) is 1. The minimum Gasteiger partial charge on any atom is -0.462 e. The van der Waals surface area contributed by atoms with E-state index in [2.05, 4.69) is 4.90 Å². The SMILES string of the molecule is O=C(OCCN1CCCCC1)C1(O)CCCCCC1. The number of carbonyl (C=O) groups excluding carboxylic acids is 1. The number of carbonyl (C=O) groups is 1. The summed E-state index contributed by atoms with van der Waals surface area (Å²) in [7, 11) is 0. The van der Waals surface area contributed by atoms with Crippen molar-refractivity contribution in [3.8, 4) is 0 Å². The van der Waals surface area contributed by atoms with Gasteiger partial charge in [0.1, 0.15) is 6.61 Å². The maximum absolute atomic E-state index is 12.0. The highest BCUT2D eigenvalue weighted by molar-refractivity contribution is 5.79. The highest BCUT2D eigenvalue weighted by atomic mass is 16.5. The lowest BCUT2D eigenvalue weighted by molar-refractivity contribution is -0.167. The van der Waals surface area contributed by atoms with E-state index < -0.39 is 11.6 Å². The van der Waals surface area contributed by atoms with Crippen LogP contribution in [0, 0.1) is 0 Å². The molecule has 1 saturated carbocycles. The monoisotopic (exact) mass is 269 g/mol. The van der Waals surface area contributed by atoms with Gasteiger partial charge in [0.05, 0.1) is 0 Å². The van der Waals surface area contributed by atoms with Crippen LogP contribution in [0.15, 0.2) is 0 Å². The molecule has 4 nitrogen and oxygen atoms in total. The minimum atomic E-state index is -1.21. The van der Waals surface area contributed by atoms with Crippen molar-refractivity contribution >= 4 is 5.97 Å². The van der Waals surface area contributed by atoms with Crippen LogP contribution in [-0.4, -0.2) is 47.8 Å². The van der Waals surface area contributed by atoms with Crippen LogP contribution in [0.5, 0.6) is 0 Å². The minimum absolute atomic E-state index is 0.397. The molecule has 2 aliphatic rings. The fourth-order valence-corrected chi connectivity index (χ4v) is 3.10. The second-order valence-corrected chi connectivity index (χ2v) is 5.98. The van der Waals surface area contributed by atoms with Gasteiger partial charge in [-0.25, -0.2) is 4.79 Å². The first-order chi connectivity index (χ1) is 9.21. The Bertz CT molecular complexity index is 279. The molecule has 0 bridgehead atoms. The largest absolute Gasteiger partial charge is 0.462 e. The molecule has 0 atom stereocenters.